The largest absolute Gasteiger partial charge is 0.463 e. The third kappa shape index (κ3) is 3.66. The number of hydrogen-bond acceptors (Lipinski definition) is 6. The highest BCUT2D eigenvalue weighted by Gasteiger charge is 2.04. The lowest BCUT2D eigenvalue weighted by molar-refractivity contribution is 0.288. The Balaban J connectivity index is 1.69. The molecule has 2 heterocycles. The van der Waals surface area contributed by atoms with Gasteiger partial charge in [0.25, 0.3) is 0 Å². The van der Waals surface area contributed by atoms with Crippen LogP contribution in [0.5, 0.6) is 6.01 Å². The lowest BCUT2D eigenvalue weighted by Gasteiger charge is -2.15. The standard InChI is InChI=1S/C12H16N4OS/c1-10-9-18-12(15-10)16(2)7-4-8-17-11-13-5-3-6-14-11/h3,5-6,9H,4,7-8H2,1-2H3. The predicted molar refractivity (Wildman–Crippen MR) is 72.3 cm³/mol. The van der Waals surface area contributed by atoms with Crippen LogP contribution in [0.4, 0.5) is 5.13 Å². The molecule has 0 aliphatic rings. The zero-order valence-corrected chi connectivity index (χ0v) is 11.4. The van der Waals surface area contributed by atoms with Gasteiger partial charge in [0.05, 0.1) is 12.3 Å². The van der Waals surface area contributed by atoms with Crippen molar-refractivity contribution in [1.29, 1.82) is 0 Å². The Bertz CT molecular complexity index is 474. The van der Waals surface area contributed by atoms with Crippen molar-refractivity contribution in [2.45, 2.75) is 13.3 Å². The Morgan fingerprint density at radius 2 is 2.11 bits per heavy atom. The summed E-state index contributed by atoms with van der Waals surface area (Å²) in [6.07, 6.45) is 4.26. The van der Waals surface area contributed by atoms with E-state index in [0.29, 0.717) is 12.6 Å². The number of rotatable bonds is 6. The molecule has 0 aromatic carbocycles. The third-order valence-corrected chi connectivity index (χ3v) is 3.42. The highest BCUT2D eigenvalue weighted by atomic mass is 32.1. The summed E-state index contributed by atoms with van der Waals surface area (Å²) >= 11 is 1.66. The molecule has 18 heavy (non-hydrogen) atoms. The second kappa shape index (κ2) is 6.30. The molecule has 0 saturated carbocycles. The molecule has 0 unspecified atom stereocenters. The average Bonchev–Trinajstić information content (AvgIpc) is 2.82. The Morgan fingerprint density at radius 3 is 2.78 bits per heavy atom. The summed E-state index contributed by atoms with van der Waals surface area (Å²) in [5.74, 6) is 0. The van der Waals surface area contributed by atoms with Crippen LogP contribution in [0, 0.1) is 6.92 Å². The Morgan fingerprint density at radius 1 is 1.33 bits per heavy atom. The minimum absolute atomic E-state index is 0.435. The summed E-state index contributed by atoms with van der Waals surface area (Å²) in [4.78, 5) is 14.6. The van der Waals surface area contributed by atoms with Crippen LogP contribution in [0.3, 0.4) is 0 Å². The van der Waals surface area contributed by atoms with Crippen LogP contribution in [0.1, 0.15) is 12.1 Å². The molecular weight excluding hydrogens is 248 g/mol. The van der Waals surface area contributed by atoms with Crippen LogP contribution in [0.15, 0.2) is 23.8 Å². The van der Waals surface area contributed by atoms with Crippen molar-refractivity contribution in [3.63, 3.8) is 0 Å². The molecule has 2 rings (SSSR count). The molecule has 0 saturated heterocycles. The van der Waals surface area contributed by atoms with E-state index in [2.05, 4.69) is 25.2 Å². The van der Waals surface area contributed by atoms with Gasteiger partial charge >= 0.3 is 6.01 Å². The third-order valence-electron chi connectivity index (χ3n) is 2.34. The molecule has 0 radical (unpaired) electrons. The SMILES string of the molecule is Cc1csc(N(C)CCCOc2ncccn2)n1. The molecule has 0 N–H and O–H groups in total. The first-order valence-corrected chi connectivity index (χ1v) is 6.67. The van der Waals surface area contributed by atoms with Crippen LogP contribution in [0.25, 0.3) is 0 Å². The fourth-order valence-corrected chi connectivity index (χ4v) is 2.23. The first kappa shape index (κ1) is 12.8. The van der Waals surface area contributed by atoms with Gasteiger partial charge in [-0.1, -0.05) is 0 Å². The number of ether oxygens (including phenoxy) is 1. The highest BCUT2D eigenvalue weighted by molar-refractivity contribution is 7.13. The minimum atomic E-state index is 0.435. The van der Waals surface area contributed by atoms with Crippen molar-refractivity contribution in [2.24, 2.45) is 0 Å². The molecule has 0 bridgehead atoms. The lowest BCUT2D eigenvalue weighted by Crippen LogP contribution is -2.20. The van der Waals surface area contributed by atoms with Gasteiger partial charge in [-0.2, -0.15) is 0 Å². The van der Waals surface area contributed by atoms with Gasteiger partial charge in [0.1, 0.15) is 0 Å². The van der Waals surface area contributed by atoms with E-state index in [1.807, 2.05) is 14.0 Å². The Hall–Kier alpha value is -1.69. The van der Waals surface area contributed by atoms with Crippen molar-refractivity contribution in [2.75, 3.05) is 25.1 Å². The van der Waals surface area contributed by atoms with Gasteiger partial charge in [-0.3, -0.25) is 0 Å². The second-order valence-electron chi connectivity index (χ2n) is 3.93. The fraction of sp³-hybridized carbons (Fsp3) is 0.417. The van der Waals surface area contributed by atoms with Crippen LogP contribution in [-0.2, 0) is 0 Å². The quantitative estimate of drug-likeness (QED) is 0.748. The summed E-state index contributed by atoms with van der Waals surface area (Å²) in [5.41, 5.74) is 1.07. The van der Waals surface area contributed by atoms with Gasteiger partial charge < -0.3 is 9.64 Å². The molecule has 0 aliphatic heterocycles. The van der Waals surface area contributed by atoms with E-state index in [9.17, 15) is 0 Å². The van der Waals surface area contributed by atoms with Gasteiger partial charge in [-0.15, -0.1) is 11.3 Å². The van der Waals surface area contributed by atoms with Crippen molar-refractivity contribution in [3.05, 3.63) is 29.5 Å². The smallest absolute Gasteiger partial charge is 0.316 e. The summed E-state index contributed by atoms with van der Waals surface area (Å²) in [7, 11) is 2.04. The second-order valence-corrected chi connectivity index (χ2v) is 4.76. The molecule has 5 nitrogen and oxygen atoms in total. The lowest BCUT2D eigenvalue weighted by atomic mass is 10.4. The average molecular weight is 264 g/mol. The van der Waals surface area contributed by atoms with Gasteiger partial charge in [0.2, 0.25) is 0 Å². The summed E-state index contributed by atoms with van der Waals surface area (Å²) in [6.45, 7) is 3.52. The van der Waals surface area contributed by atoms with Crippen molar-refractivity contribution in [1.82, 2.24) is 15.0 Å². The molecule has 0 amide bonds. The minimum Gasteiger partial charge on any atom is -0.463 e. The predicted octanol–water partition coefficient (Wildman–Crippen LogP) is 2.15. The summed E-state index contributed by atoms with van der Waals surface area (Å²) in [6, 6.07) is 2.20. The highest BCUT2D eigenvalue weighted by Crippen LogP contribution is 2.18. The van der Waals surface area contributed by atoms with E-state index in [1.165, 1.54) is 0 Å². The molecule has 2 aromatic heterocycles. The maximum Gasteiger partial charge on any atom is 0.316 e. The number of anilines is 1. The molecule has 6 heteroatoms. The molecule has 2 aromatic rings. The monoisotopic (exact) mass is 264 g/mol. The van der Waals surface area contributed by atoms with Gasteiger partial charge in [0.15, 0.2) is 5.13 Å². The van der Waals surface area contributed by atoms with E-state index < -0.39 is 0 Å². The van der Waals surface area contributed by atoms with Crippen LogP contribution in [0.2, 0.25) is 0 Å². The molecule has 0 aliphatic carbocycles. The number of aromatic nitrogens is 3. The molecule has 96 valence electrons. The maximum atomic E-state index is 5.43. The molecule has 0 fully saturated rings. The molecule has 0 spiro atoms. The van der Waals surface area contributed by atoms with Crippen LogP contribution < -0.4 is 9.64 Å². The van der Waals surface area contributed by atoms with E-state index >= 15 is 0 Å². The van der Waals surface area contributed by atoms with Crippen molar-refractivity contribution >= 4 is 16.5 Å². The van der Waals surface area contributed by atoms with Gasteiger partial charge in [0, 0.05) is 31.4 Å². The number of nitrogens with zero attached hydrogens (tertiary/aromatic N) is 4. The topological polar surface area (TPSA) is 51.1 Å². The molecular formula is C12H16N4OS. The van der Waals surface area contributed by atoms with E-state index in [4.69, 9.17) is 4.74 Å². The Kier molecular flexibility index (Phi) is 4.46. The van der Waals surface area contributed by atoms with Crippen LogP contribution in [-0.4, -0.2) is 35.2 Å². The van der Waals surface area contributed by atoms with Crippen molar-refractivity contribution in [3.8, 4) is 6.01 Å². The van der Waals surface area contributed by atoms with Crippen LogP contribution >= 0.6 is 11.3 Å². The van der Waals surface area contributed by atoms with Gasteiger partial charge in [-0.25, -0.2) is 15.0 Å². The number of aryl methyl sites for hydroxylation is 1. The van der Waals surface area contributed by atoms with Gasteiger partial charge in [-0.05, 0) is 19.4 Å². The zero-order valence-electron chi connectivity index (χ0n) is 10.5. The van der Waals surface area contributed by atoms with E-state index in [1.54, 1.807) is 29.8 Å². The maximum absolute atomic E-state index is 5.43. The summed E-state index contributed by atoms with van der Waals surface area (Å²) in [5, 5.41) is 3.10. The van der Waals surface area contributed by atoms with Crippen molar-refractivity contribution < 1.29 is 4.74 Å². The molecule has 0 atom stereocenters. The first-order valence-electron chi connectivity index (χ1n) is 5.79. The first-order chi connectivity index (χ1) is 8.75. The Labute approximate surface area is 110 Å². The normalized spacial score (nSPS) is 10.3. The summed E-state index contributed by atoms with van der Waals surface area (Å²) < 4.78 is 5.43. The fourth-order valence-electron chi connectivity index (χ4n) is 1.44. The van der Waals surface area contributed by atoms with E-state index in [0.717, 1.165) is 23.8 Å². The number of hydrogen-bond donors (Lipinski definition) is 0. The number of thiazole rings is 1. The van der Waals surface area contributed by atoms with E-state index in [-0.39, 0.29) is 0 Å². The zero-order chi connectivity index (χ0) is 12.8.